The zero-order valence-electron chi connectivity index (χ0n) is 18.8. The second-order valence-electron chi connectivity index (χ2n) is 8.91. The summed E-state index contributed by atoms with van der Waals surface area (Å²) in [4.78, 5) is 37.7. The van der Waals surface area contributed by atoms with Crippen LogP contribution in [0.25, 0.3) is 11.1 Å². The maximum Gasteiger partial charge on any atom is 0.407 e. The quantitative estimate of drug-likeness (QED) is 0.605. The van der Waals surface area contributed by atoms with Gasteiger partial charge in [-0.15, -0.1) is 0 Å². The van der Waals surface area contributed by atoms with Gasteiger partial charge in [0.05, 0.1) is 12.3 Å². The maximum atomic E-state index is 12.9. The van der Waals surface area contributed by atoms with Crippen molar-refractivity contribution in [2.24, 2.45) is 11.8 Å². The van der Waals surface area contributed by atoms with Gasteiger partial charge >= 0.3 is 12.1 Å². The number of alkyl carbamates (subject to hydrolysis) is 1. The Labute approximate surface area is 193 Å². The Hall–Kier alpha value is -3.35. The van der Waals surface area contributed by atoms with Gasteiger partial charge in [0.2, 0.25) is 5.91 Å². The van der Waals surface area contributed by atoms with E-state index in [1.165, 1.54) is 16.0 Å². The molecule has 2 amide bonds. The van der Waals surface area contributed by atoms with E-state index in [0.717, 1.165) is 30.4 Å². The Morgan fingerprint density at radius 2 is 1.67 bits per heavy atom. The van der Waals surface area contributed by atoms with Gasteiger partial charge in [0.15, 0.2) is 0 Å². The second kappa shape index (κ2) is 10.1. The molecule has 1 fully saturated rings. The third-order valence-corrected chi connectivity index (χ3v) is 6.88. The molecule has 4 rings (SSSR count). The van der Waals surface area contributed by atoms with Crippen molar-refractivity contribution in [3.05, 3.63) is 59.7 Å². The molecule has 7 heteroatoms. The lowest BCUT2D eigenvalue weighted by Gasteiger charge is -2.35. The average Bonchev–Trinajstić information content (AvgIpc) is 3.10. The van der Waals surface area contributed by atoms with Crippen LogP contribution in [-0.2, 0) is 14.3 Å². The fourth-order valence-corrected chi connectivity index (χ4v) is 4.80. The van der Waals surface area contributed by atoms with Crippen LogP contribution in [0.5, 0.6) is 0 Å². The predicted octanol–water partition coefficient (Wildman–Crippen LogP) is 3.87. The topological polar surface area (TPSA) is 95.9 Å². The van der Waals surface area contributed by atoms with Crippen molar-refractivity contribution in [3.8, 4) is 11.1 Å². The van der Waals surface area contributed by atoms with Crippen LogP contribution in [0.15, 0.2) is 48.5 Å². The number of rotatable bonds is 9. The molecule has 2 aromatic rings. The summed E-state index contributed by atoms with van der Waals surface area (Å²) in [6, 6.07) is 16.3. The van der Waals surface area contributed by atoms with E-state index >= 15 is 0 Å². The lowest BCUT2D eigenvalue weighted by atomic mass is 9.75. The molecular weight excluding hydrogens is 420 g/mol. The summed E-state index contributed by atoms with van der Waals surface area (Å²) in [5.41, 5.74) is 4.63. The molecule has 2 N–H and O–H groups in total. The van der Waals surface area contributed by atoms with Crippen LogP contribution >= 0.6 is 0 Å². The van der Waals surface area contributed by atoms with Crippen LogP contribution in [-0.4, -0.2) is 54.7 Å². The molecule has 1 atom stereocenters. The van der Waals surface area contributed by atoms with Crippen LogP contribution in [0.1, 0.15) is 42.7 Å². The Morgan fingerprint density at radius 3 is 2.21 bits per heavy atom. The number of carbonyl (C=O) groups is 3. The number of benzene rings is 2. The minimum Gasteiger partial charge on any atom is -0.481 e. The lowest BCUT2D eigenvalue weighted by molar-refractivity contribution is -0.140. The summed E-state index contributed by atoms with van der Waals surface area (Å²) in [6.07, 6.45) is 2.31. The van der Waals surface area contributed by atoms with E-state index < -0.39 is 12.1 Å². The SMILES string of the molecule is CN(CCC(=O)O)C(=O)C(CNC(=O)OCC1c2ccccc2-c2ccccc21)C1CCC1. The molecule has 0 spiro atoms. The molecular formula is C26H30N2O5. The molecule has 7 nitrogen and oxygen atoms in total. The number of carbonyl (C=O) groups excluding carboxylic acids is 2. The van der Waals surface area contributed by atoms with Crippen molar-refractivity contribution < 1.29 is 24.2 Å². The van der Waals surface area contributed by atoms with Crippen LogP contribution < -0.4 is 5.32 Å². The van der Waals surface area contributed by atoms with E-state index in [9.17, 15) is 14.4 Å². The number of hydrogen-bond acceptors (Lipinski definition) is 4. The van der Waals surface area contributed by atoms with Crippen molar-refractivity contribution in [2.45, 2.75) is 31.6 Å². The van der Waals surface area contributed by atoms with Crippen LogP contribution in [0.3, 0.4) is 0 Å². The monoisotopic (exact) mass is 450 g/mol. The molecule has 0 aromatic heterocycles. The molecule has 0 bridgehead atoms. The molecule has 33 heavy (non-hydrogen) atoms. The predicted molar refractivity (Wildman–Crippen MR) is 124 cm³/mol. The van der Waals surface area contributed by atoms with Crippen molar-refractivity contribution in [2.75, 3.05) is 26.7 Å². The molecule has 174 valence electrons. The fraction of sp³-hybridized carbons (Fsp3) is 0.423. The Kier molecular flexibility index (Phi) is 6.96. The van der Waals surface area contributed by atoms with Gasteiger partial charge in [-0.3, -0.25) is 9.59 Å². The summed E-state index contributed by atoms with van der Waals surface area (Å²) >= 11 is 0. The first kappa shape index (κ1) is 22.8. The second-order valence-corrected chi connectivity index (χ2v) is 8.91. The zero-order valence-corrected chi connectivity index (χ0v) is 18.8. The van der Waals surface area contributed by atoms with Gasteiger partial charge in [-0.1, -0.05) is 55.0 Å². The number of ether oxygens (including phenoxy) is 1. The maximum absolute atomic E-state index is 12.9. The summed E-state index contributed by atoms with van der Waals surface area (Å²) in [6.45, 7) is 0.570. The average molecular weight is 451 g/mol. The smallest absolute Gasteiger partial charge is 0.407 e. The van der Waals surface area contributed by atoms with Crippen LogP contribution in [0.4, 0.5) is 4.79 Å². The fourth-order valence-electron chi connectivity index (χ4n) is 4.80. The highest BCUT2D eigenvalue weighted by molar-refractivity contribution is 5.81. The van der Waals surface area contributed by atoms with E-state index in [-0.39, 0.29) is 49.8 Å². The standard InChI is InChI=1S/C26H30N2O5/c1-28(14-13-24(29)30)25(31)22(17-7-6-8-17)15-27-26(32)33-16-23-20-11-4-2-9-18(20)19-10-3-5-12-21(19)23/h2-5,9-12,17,22-23H,6-8,13-16H2,1H3,(H,27,32)(H,29,30). The molecule has 0 aliphatic heterocycles. The number of carboxylic acids is 1. The van der Waals surface area contributed by atoms with Crippen molar-refractivity contribution in [3.63, 3.8) is 0 Å². The lowest BCUT2D eigenvalue weighted by Crippen LogP contribution is -2.45. The number of hydrogen-bond donors (Lipinski definition) is 2. The molecule has 0 heterocycles. The van der Waals surface area contributed by atoms with E-state index in [1.807, 2.05) is 24.3 Å². The Balaban J connectivity index is 1.34. The molecule has 0 radical (unpaired) electrons. The first-order valence-electron chi connectivity index (χ1n) is 11.5. The van der Waals surface area contributed by atoms with Gasteiger partial charge in [0, 0.05) is 26.1 Å². The van der Waals surface area contributed by atoms with Gasteiger partial charge in [0.1, 0.15) is 6.61 Å². The number of carboxylic acid groups (broad SMARTS) is 1. The van der Waals surface area contributed by atoms with Crippen LogP contribution in [0.2, 0.25) is 0 Å². The number of nitrogens with zero attached hydrogens (tertiary/aromatic N) is 1. The minimum absolute atomic E-state index is 0.0191. The molecule has 2 aliphatic rings. The largest absolute Gasteiger partial charge is 0.481 e. The third kappa shape index (κ3) is 5.02. The van der Waals surface area contributed by atoms with Crippen molar-refractivity contribution in [1.82, 2.24) is 10.2 Å². The molecule has 2 aromatic carbocycles. The summed E-state index contributed by atoms with van der Waals surface area (Å²) < 4.78 is 5.59. The van der Waals surface area contributed by atoms with Gasteiger partial charge in [-0.25, -0.2) is 4.79 Å². The van der Waals surface area contributed by atoms with Crippen LogP contribution in [0, 0.1) is 11.8 Å². The summed E-state index contributed by atoms with van der Waals surface area (Å²) in [7, 11) is 1.62. The molecule has 2 aliphatic carbocycles. The molecule has 1 saturated carbocycles. The minimum atomic E-state index is -0.938. The van der Waals surface area contributed by atoms with E-state index in [0.29, 0.717) is 0 Å². The first-order chi connectivity index (χ1) is 16.0. The van der Waals surface area contributed by atoms with Gasteiger partial charge in [-0.2, -0.15) is 0 Å². The summed E-state index contributed by atoms with van der Waals surface area (Å²) in [5.74, 6) is -1.24. The zero-order chi connectivity index (χ0) is 23.4. The van der Waals surface area contributed by atoms with E-state index in [1.54, 1.807) is 7.05 Å². The van der Waals surface area contributed by atoms with Gasteiger partial charge in [0.25, 0.3) is 0 Å². The number of amides is 2. The number of nitrogens with one attached hydrogen (secondary N) is 1. The van der Waals surface area contributed by atoms with Crippen molar-refractivity contribution in [1.29, 1.82) is 0 Å². The van der Waals surface area contributed by atoms with Crippen molar-refractivity contribution >= 4 is 18.0 Å². The highest BCUT2D eigenvalue weighted by Crippen LogP contribution is 2.44. The van der Waals surface area contributed by atoms with E-state index in [4.69, 9.17) is 9.84 Å². The Morgan fingerprint density at radius 1 is 1.06 bits per heavy atom. The van der Waals surface area contributed by atoms with Gasteiger partial charge < -0.3 is 20.1 Å². The van der Waals surface area contributed by atoms with Gasteiger partial charge in [-0.05, 0) is 41.0 Å². The highest BCUT2D eigenvalue weighted by Gasteiger charge is 2.35. The Bertz CT molecular complexity index is 987. The van der Waals surface area contributed by atoms with E-state index in [2.05, 4.69) is 29.6 Å². The molecule has 1 unspecified atom stereocenters. The molecule has 0 saturated heterocycles. The summed E-state index contributed by atoms with van der Waals surface area (Å²) in [5, 5.41) is 11.7. The number of fused-ring (bicyclic) bond motifs is 3. The highest BCUT2D eigenvalue weighted by atomic mass is 16.5. The first-order valence-corrected chi connectivity index (χ1v) is 11.5. The normalized spacial score (nSPS) is 15.7. The third-order valence-electron chi connectivity index (χ3n) is 6.88. The number of aliphatic carboxylic acids is 1.